The predicted molar refractivity (Wildman–Crippen MR) is 88.3 cm³/mol. The Kier molecular flexibility index (Phi) is 7.54. The number of methoxy groups -OCH3 is 2. The van der Waals surface area contributed by atoms with Gasteiger partial charge in [-0.15, -0.1) is 0 Å². The van der Waals surface area contributed by atoms with Gasteiger partial charge in [0.1, 0.15) is 0 Å². The summed E-state index contributed by atoms with van der Waals surface area (Å²) in [5.41, 5.74) is 1.23. The van der Waals surface area contributed by atoms with E-state index in [-0.39, 0.29) is 0 Å². The topological polar surface area (TPSA) is 33.7 Å². The molecular formula is C17H30N2O2. The first kappa shape index (κ1) is 17.8. The van der Waals surface area contributed by atoms with Gasteiger partial charge in [0.25, 0.3) is 0 Å². The van der Waals surface area contributed by atoms with Crippen molar-refractivity contribution in [2.24, 2.45) is 5.92 Å². The summed E-state index contributed by atoms with van der Waals surface area (Å²) in [4.78, 5) is 2.37. The maximum Gasteiger partial charge on any atom is 0.161 e. The Morgan fingerprint density at radius 3 is 2.29 bits per heavy atom. The van der Waals surface area contributed by atoms with Gasteiger partial charge in [-0.2, -0.15) is 0 Å². The van der Waals surface area contributed by atoms with E-state index in [0.29, 0.717) is 12.0 Å². The van der Waals surface area contributed by atoms with E-state index in [2.05, 4.69) is 50.2 Å². The molecule has 0 aliphatic heterocycles. The molecule has 0 aliphatic rings. The summed E-state index contributed by atoms with van der Waals surface area (Å²) >= 11 is 0. The molecule has 4 heteroatoms. The van der Waals surface area contributed by atoms with Crippen LogP contribution in [0.5, 0.6) is 11.5 Å². The van der Waals surface area contributed by atoms with Crippen LogP contribution in [-0.2, 0) is 0 Å². The van der Waals surface area contributed by atoms with Gasteiger partial charge in [-0.3, -0.25) is 0 Å². The van der Waals surface area contributed by atoms with E-state index >= 15 is 0 Å². The largest absolute Gasteiger partial charge is 0.493 e. The third-order valence-electron chi connectivity index (χ3n) is 3.43. The van der Waals surface area contributed by atoms with Crippen molar-refractivity contribution in [1.82, 2.24) is 10.2 Å². The number of hydrogen-bond acceptors (Lipinski definition) is 4. The smallest absolute Gasteiger partial charge is 0.161 e. The first-order valence-electron chi connectivity index (χ1n) is 7.65. The molecule has 0 saturated heterocycles. The molecule has 0 fully saturated rings. The lowest BCUT2D eigenvalue weighted by Crippen LogP contribution is -2.34. The van der Waals surface area contributed by atoms with E-state index in [1.165, 1.54) is 5.56 Å². The molecule has 1 unspecified atom stereocenters. The molecule has 1 aromatic carbocycles. The normalized spacial score (nSPS) is 12.8. The minimum atomic E-state index is 0.290. The fraction of sp³-hybridized carbons (Fsp3) is 0.647. The Morgan fingerprint density at radius 2 is 1.76 bits per heavy atom. The molecule has 1 aromatic rings. The van der Waals surface area contributed by atoms with Gasteiger partial charge in [-0.25, -0.2) is 0 Å². The van der Waals surface area contributed by atoms with Crippen LogP contribution in [0.2, 0.25) is 0 Å². The van der Waals surface area contributed by atoms with Crippen molar-refractivity contribution in [2.75, 3.05) is 40.9 Å². The van der Waals surface area contributed by atoms with Crippen molar-refractivity contribution in [3.63, 3.8) is 0 Å². The van der Waals surface area contributed by atoms with E-state index in [1.807, 2.05) is 6.07 Å². The van der Waals surface area contributed by atoms with Crippen LogP contribution in [0.25, 0.3) is 0 Å². The van der Waals surface area contributed by atoms with E-state index in [0.717, 1.165) is 31.1 Å². The average Bonchev–Trinajstić information content (AvgIpc) is 2.45. The van der Waals surface area contributed by atoms with Crippen LogP contribution in [-0.4, -0.2) is 45.8 Å². The second-order valence-corrected chi connectivity index (χ2v) is 5.84. The van der Waals surface area contributed by atoms with Crippen LogP contribution < -0.4 is 14.8 Å². The molecule has 0 saturated carbocycles. The molecule has 1 rings (SSSR count). The Balaban J connectivity index is 2.89. The second kappa shape index (κ2) is 8.90. The maximum atomic E-state index is 5.41. The van der Waals surface area contributed by atoms with Gasteiger partial charge in [0.2, 0.25) is 0 Å². The zero-order valence-electron chi connectivity index (χ0n) is 14.3. The highest BCUT2D eigenvalue weighted by Crippen LogP contribution is 2.30. The Hall–Kier alpha value is -1.26. The second-order valence-electron chi connectivity index (χ2n) is 5.84. The monoisotopic (exact) mass is 294 g/mol. The minimum Gasteiger partial charge on any atom is -0.493 e. The van der Waals surface area contributed by atoms with Crippen LogP contribution >= 0.6 is 0 Å². The fourth-order valence-electron chi connectivity index (χ4n) is 2.61. The van der Waals surface area contributed by atoms with Crippen molar-refractivity contribution in [3.05, 3.63) is 23.8 Å². The number of hydrogen-bond donors (Lipinski definition) is 1. The zero-order valence-corrected chi connectivity index (χ0v) is 14.3. The van der Waals surface area contributed by atoms with Gasteiger partial charge >= 0.3 is 0 Å². The summed E-state index contributed by atoms with van der Waals surface area (Å²) in [6.45, 7) is 9.63. The van der Waals surface area contributed by atoms with Gasteiger partial charge in [0, 0.05) is 19.1 Å². The molecule has 0 spiro atoms. The van der Waals surface area contributed by atoms with Gasteiger partial charge in [-0.1, -0.05) is 26.8 Å². The molecule has 0 heterocycles. The summed E-state index contributed by atoms with van der Waals surface area (Å²) < 4.78 is 10.7. The SMILES string of the molecule is CCNC(CN(C)CC(C)C)c1ccc(OC)c(OC)c1. The van der Waals surface area contributed by atoms with Gasteiger partial charge in [0.15, 0.2) is 11.5 Å². The van der Waals surface area contributed by atoms with E-state index in [1.54, 1.807) is 14.2 Å². The first-order chi connectivity index (χ1) is 10.0. The third-order valence-corrected chi connectivity index (χ3v) is 3.43. The number of ether oxygens (including phenoxy) is 2. The van der Waals surface area contributed by atoms with Gasteiger partial charge in [-0.05, 0) is 37.2 Å². The molecule has 0 radical (unpaired) electrons. The molecule has 0 amide bonds. The molecule has 4 nitrogen and oxygen atoms in total. The van der Waals surface area contributed by atoms with Crippen LogP contribution in [0, 0.1) is 5.92 Å². The van der Waals surface area contributed by atoms with E-state index in [9.17, 15) is 0 Å². The fourth-order valence-corrected chi connectivity index (χ4v) is 2.61. The molecule has 0 aliphatic carbocycles. The molecule has 120 valence electrons. The van der Waals surface area contributed by atoms with Crippen molar-refractivity contribution < 1.29 is 9.47 Å². The summed E-state index contributed by atoms with van der Waals surface area (Å²) in [5, 5.41) is 3.55. The van der Waals surface area contributed by atoms with Crippen LogP contribution in [0.15, 0.2) is 18.2 Å². The summed E-state index contributed by atoms with van der Waals surface area (Å²) in [6, 6.07) is 6.44. The summed E-state index contributed by atoms with van der Waals surface area (Å²) in [7, 11) is 5.51. The molecule has 1 N–H and O–H groups in total. The first-order valence-corrected chi connectivity index (χ1v) is 7.65. The number of benzene rings is 1. The quantitative estimate of drug-likeness (QED) is 0.759. The third kappa shape index (κ3) is 5.56. The Bertz CT molecular complexity index is 421. The Labute approximate surface area is 129 Å². The molecule has 0 aromatic heterocycles. The highest BCUT2D eigenvalue weighted by Gasteiger charge is 2.16. The number of rotatable bonds is 9. The van der Waals surface area contributed by atoms with Gasteiger partial charge < -0.3 is 19.7 Å². The minimum absolute atomic E-state index is 0.290. The standard InChI is InChI=1S/C17H30N2O2/c1-7-18-15(12-19(4)11-13(2)3)14-8-9-16(20-5)17(10-14)21-6/h8-10,13,15,18H,7,11-12H2,1-6H3. The predicted octanol–water partition coefficient (Wildman–Crippen LogP) is 2.94. The van der Waals surface area contributed by atoms with Crippen molar-refractivity contribution in [1.29, 1.82) is 0 Å². The Morgan fingerprint density at radius 1 is 1.10 bits per heavy atom. The van der Waals surface area contributed by atoms with Crippen LogP contribution in [0.3, 0.4) is 0 Å². The van der Waals surface area contributed by atoms with Crippen molar-refractivity contribution >= 4 is 0 Å². The number of likely N-dealkylation sites (N-methyl/N-ethyl adjacent to an activating group) is 2. The maximum absolute atomic E-state index is 5.41. The van der Waals surface area contributed by atoms with Crippen molar-refractivity contribution in [3.8, 4) is 11.5 Å². The number of nitrogens with zero attached hydrogens (tertiary/aromatic N) is 1. The van der Waals surface area contributed by atoms with Crippen LogP contribution in [0.4, 0.5) is 0 Å². The molecule has 21 heavy (non-hydrogen) atoms. The lowest BCUT2D eigenvalue weighted by molar-refractivity contribution is 0.263. The molecule has 0 bridgehead atoms. The van der Waals surface area contributed by atoms with E-state index < -0.39 is 0 Å². The van der Waals surface area contributed by atoms with E-state index in [4.69, 9.17) is 9.47 Å². The lowest BCUT2D eigenvalue weighted by atomic mass is 10.0. The average molecular weight is 294 g/mol. The number of nitrogens with one attached hydrogen (secondary N) is 1. The van der Waals surface area contributed by atoms with Gasteiger partial charge in [0.05, 0.1) is 14.2 Å². The van der Waals surface area contributed by atoms with Crippen molar-refractivity contribution in [2.45, 2.75) is 26.8 Å². The zero-order chi connectivity index (χ0) is 15.8. The lowest BCUT2D eigenvalue weighted by Gasteiger charge is -2.26. The summed E-state index contributed by atoms with van der Waals surface area (Å²) in [5.74, 6) is 2.22. The highest BCUT2D eigenvalue weighted by molar-refractivity contribution is 5.43. The molecular weight excluding hydrogens is 264 g/mol. The highest BCUT2D eigenvalue weighted by atomic mass is 16.5. The van der Waals surface area contributed by atoms with Crippen LogP contribution in [0.1, 0.15) is 32.4 Å². The molecule has 1 atom stereocenters. The summed E-state index contributed by atoms with van der Waals surface area (Å²) in [6.07, 6.45) is 0.